The van der Waals surface area contributed by atoms with Crippen molar-refractivity contribution in [1.29, 1.82) is 0 Å². The normalized spacial score (nSPS) is 17.3. The van der Waals surface area contributed by atoms with Crippen molar-refractivity contribution >= 4 is 34.3 Å². The molecule has 1 unspecified atom stereocenters. The lowest BCUT2D eigenvalue weighted by atomic mass is 10.1. The van der Waals surface area contributed by atoms with Crippen LogP contribution in [0.3, 0.4) is 0 Å². The van der Waals surface area contributed by atoms with E-state index in [9.17, 15) is 4.79 Å². The first-order valence-electron chi connectivity index (χ1n) is 9.19. The van der Waals surface area contributed by atoms with Gasteiger partial charge < -0.3 is 4.74 Å². The summed E-state index contributed by atoms with van der Waals surface area (Å²) in [5.41, 5.74) is 1.68. The Hall–Kier alpha value is -1.82. The monoisotopic (exact) mass is 400 g/mol. The lowest BCUT2D eigenvalue weighted by molar-refractivity contribution is 0.0315. The predicted molar refractivity (Wildman–Crippen MR) is 111 cm³/mol. The molecule has 2 aromatic carbocycles. The molecule has 3 aromatic rings. The molecular weight excluding hydrogens is 380 g/mol. The van der Waals surface area contributed by atoms with Gasteiger partial charge in [0, 0.05) is 17.4 Å². The first kappa shape index (κ1) is 18.5. The van der Waals surface area contributed by atoms with E-state index in [-0.39, 0.29) is 11.7 Å². The number of thioether (sulfide) groups is 1. The van der Waals surface area contributed by atoms with Gasteiger partial charge in [-0.2, -0.15) is 0 Å². The highest BCUT2D eigenvalue weighted by Crippen LogP contribution is 2.24. The predicted octanol–water partition coefficient (Wildman–Crippen LogP) is 4.76. The molecule has 4 rings (SSSR count). The van der Waals surface area contributed by atoms with Gasteiger partial charge in [-0.05, 0) is 43.0 Å². The highest BCUT2D eigenvalue weighted by molar-refractivity contribution is 7.99. The molecule has 140 valence electrons. The Balaban J connectivity index is 1.71. The van der Waals surface area contributed by atoms with E-state index in [2.05, 4.69) is 0 Å². The van der Waals surface area contributed by atoms with E-state index >= 15 is 0 Å². The van der Waals surface area contributed by atoms with Crippen LogP contribution in [0.15, 0.2) is 58.5 Å². The first-order chi connectivity index (χ1) is 13.2. The summed E-state index contributed by atoms with van der Waals surface area (Å²) in [6, 6.07) is 15.2. The van der Waals surface area contributed by atoms with Crippen LogP contribution in [-0.4, -0.2) is 28.0 Å². The average Bonchev–Trinajstić information content (AvgIpc) is 2.70. The van der Waals surface area contributed by atoms with Gasteiger partial charge in [-0.25, -0.2) is 4.98 Å². The van der Waals surface area contributed by atoms with Crippen molar-refractivity contribution in [3.05, 3.63) is 69.5 Å². The van der Waals surface area contributed by atoms with Gasteiger partial charge in [0.1, 0.15) is 0 Å². The first-order valence-corrected chi connectivity index (χ1v) is 10.6. The van der Waals surface area contributed by atoms with Crippen LogP contribution in [0.2, 0.25) is 5.02 Å². The molecule has 0 radical (unpaired) electrons. The molecule has 27 heavy (non-hydrogen) atoms. The van der Waals surface area contributed by atoms with Gasteiger partial charge in [0.25, 0.3) is 5.56 Å². The molecule has 0 bridgehead atoms. The van der Waals surface area contributed by atoms with Gasteiger partial charge in [-0.1, -0.05) is 53.7 Å². The van der Waals surface area contributed by atoms with E-state index in [0.29, 0.717) is 27.6 Å². The van der Waals surface area contributed by atoms with Crippen molar-refractivity contribution in [3.63, 3.8) is 0 Å². The lowest BCUT2D eigenvalue weighted by Gasteiger charge is -2.22. The Morgan fingerprint density at radius 2 is 2.04 bits per heavy atom. The number of hydrogen-bond acceptors (Lipinski definition) is 4. The summed E-state index contributed by atoms with van der Waals surface area (Å²) in [6.45, 7) is 1.32. The smallest absolute Gasteiger partial charge is 0.262 e. The Morgan fingerprint density at radius 1 is 1.19 bits per heavy atom. The van der Waals surface area contributed by atoms with Crippen molar-refractivity contribution in [2.45, 2.75) is 37.1 Å². The zero-order chi connectivity index (χ0) is 18.6. The highest BCUT2D eigenvalue weighted by Gasteiger charge is 2.17. The van der Waals surface area contributed by atoms with Crippen LogP contribution in [0, 0.1) is 0 Å². The molecule has 0 N–H and O–H groups in total. The van der Waals surface area contributed by atoms with Crippen LogP contribution in [0.1, 0.15) is 24.8 Å². The zero-order valence-electron chi connectivity index (χ0n) is 14.9. The van der Waals surface area contributed by atoms with Crippen LogP contribution in [-0.2, 0) is 11.3 Å². The van der Waals surface area contributed by atoms with Gasteiger partial charge >= 0.3 is 0 Å². The fraction of sp³-hybridized carbons (Fsp3) is 0.333. The number of benzene rings is 2. The second-order valence-corrected chi connectivity index (χ2v) is 8.16. The molecule has 1 atom stereocenters. The number of hydrogen-bond donors (Lipinski definition) is 0. The van der Waals surface area contributed by atoms with Crippen molar-refractivity contribution in [2.24, 2.45) is 0 Å². The van der Waals surface area contributed by atoms with Gasteiger partial charge in [-0.15, -0.1) is 0 Å². The molecule has 6 heteroatoms. The molecule has 0 amide bonds. The van der Waals surface area contributed by atoms with Crippen LogP contribution in [0.4, 0.5) is 0 Å². The van der Waals surface area contributed by atoms with E-state index < -0.39 is 0 Å². The molecular formula is C21H21ClN2O2S. The van der Waals surface area contributed by atoms with E-state index in [1.165, 1.54) is 6.42 Å². The van der Waals surface area contributed by atoms with E-state index in [1.54, 1.807) is 34.5 Å². The lowest BCUT2D eigenvalue weighted by Crippen LogP contribution is -2.26. The third-order valence-corrected chi connectivity index (χ3v) is 6.08. The van der Waals surface area contributed by atoms with Crippen molar-refractivity contribution in [2.75, 3.05) is 12.4 Å². The fourth-order valence-corrected chi connectivity index (χ4v) is 4.53. The molecule has 1 saturated heterocycles. The largest absolute Gasteiger partial charge is 0.377 e. The maximum absolute atomic E-state index is 13.2. The third kappa shape index (κ3) is 4.37. The maximum Gasteiger partial charge on any atom is 0.262 e. The van der Waals surface area contributed by atoms with Crippen molar-refractivity contribution in [1.82, 2.24) is 9.55 Å². The molecule has 1 aliphatic rings. The molecule has 1 aromatic heterocycles. The Morgan fingerprint density at radius 3 is 2.81 bits per heavy atom. The molecule has 0 aliphatic carbocycles. The van der Waals surface area contributed by atoms with Crippen molar-refractivity contribution < 1.29 is 4.74 Å². The topological polar surface area (TPSA) is 44.1 Å². The summed E-state index contributed by atoms with van der Waals surface area (Å²) in [4.78, 5) is 17.9. The standard InChI is InChI=1S/C21H21ClN2O2S/c22-16-9-10-18-19(12-16)23-21(27-14-17-8-4-5-11-26-17)24(20(18)25)13-15-6-2-1-3-7-15/h1-3,6-7,9-10,12,17H,4-5,8,11,13-14H2. The van der Waals surface area contributed by atoms with E-state index in [1.807, 2.05) is 30.3 Å². The number of ether oxygens (including phenoxy) is 1. The van der Waals surface area contributed by atoms with Gasteiger partial charge in [-0.3, -0.25) is 9.36 Å². The summed E-state index contributed by atoms with van der Waals surface area (Å²) in [5, 5.41) is 1.89. The molecule has 1 fully saturated rings. The average molecular weight is 401 g/mol. The van der Waals surface area contributed by atoms with E-state index in [0.717, 1.165) is 30.8 Å². The Kier molecular flexibility index (Phi) is 5.81. The number of aromatic nitrogens is 2. The highest BCUT2D eigenvalue weighted by atomic mass is 35.5. The minimum atomic E-state index is -0.0346. The summed E-state index contributed by atoms with van der Waals surface area (Å²) in [5.74, 6) is 0.799. The number of halogens is 1. The molecule has 1 aliphatic heterocycles. The number of rotatable bonds is 5. The van der Waals surface area contributed by atoms with Crippen LogP contribution < -0.4 is 5.56 Å². The minimum Gasteiger partial charge on any atom is -0.377 e. The van der Waals surface area contributed by atoms with Gasteiger partial charge in [0.2, 0.25) is 0 Å². The minimum absolute atomic E-state index is 0.0346. The third-order valence-electron chi connectivity index (χ3n) is 4.74. The second kappa shape index (κ2) is 8.46. The van der Waals surface area contributed by atoms with Crippen molar-refractivity contribution in [3.8, 4) is 0 Å². The van der Waals surface area contributed by atoms with Gasteiger partial charge in [0.05, 0.1) is 23.6 Å². The molecule has 2 heterocycles. The number of fused-ring (bicyclic) bond motifs is 1. The molecule has 0 spiro atoms. The Bertz CT molecular complexity index is 985. The maximum atomic E-state index is 13.2. The van der Waals surface area contributed by atoms with Gasteiger partial charge in [0.15, 0.2) is 5.16 Å². The SMILES string of the molecule is O=c1c2ccc(Cl)cc2nc(SCC2CCCCO2)n1Cc1ccccc1. The van der Waals surface area contributed by atoms with E-state index in [4.69, 9.17) is 21.3 Å². The summed E-state index contributed by atoms with van der Waals surface area (Å²) < 4.78 is 7.60. The zero-order valence-corrected chi connectivity index (χ0v) is 16.5. The van der Waals surface area contributed by atoms with Crippen LogP contribution in [0.25, 0.3) is 10.9 Å². The Labute approximate surface area is 167 Å². The quantitative estimate of drug-likeness (QED) is 0.457. The second-order valence-electron chi connectivity index (χ2n) is 6.73. The summed E-state index contributed by atoms with van der Waals surface area (Å²) in [6.07, 6.45) is 3.62. The number of nitrogens with zero attached hydrogens (tertiary/aromatic N) is 2. The van der Waals surface area contributed by atoms with Crippen LogP contribution in [0.5, 0.6) is 0 Å². The summed E-state index contributed by atoms with van der Waals surface area (Å²) >= 11 is 7.71. The fourth-order valence-electron chi connectivity index (χ4n) is 3.30. The molecule has 0 saturated carbocycles. The van der Waals surface area contributed by atoms with Crippen LogP contribution >= 0.6 is 23.4 Å². The summed E-state index contributed by atoms with van der Waals surface area (Å²) in [7, 11) is 0. The molecule has 4 nitrogen and oxygen atoms in total.